The summed E-state index contributed by atoms with van der Waals surface area (Å²) in [6, 6.07) is 0. The van der Waals surface area contributed by atoms with Crippen LogP contribution in [-0.2, 0) is 38.2 Å². The third kappa shape index (κ3) is 9.96. The molecule has 4 heteroatoms. The molecular formula is H2NiOPW. The maximum atomic E-state index is 8.33. The number of hydrogen-bond acceptors (Lipinski definition) is 1. The molecule has 1 atom stereocenters. The molecule has 0 rings (SSSR count). The Bertz CT molecular complexity index is 8.00. The monoisotopic (exact) mass is 291 g/mol. The van der Waals surface area contributed by atoms with Gasteiger partial charge < -0.3 is 0 Å². The molecule has 0 bridgehead atoms. The molecule has 0 aromatic carbocycles. The van der Waals surface area contributed by atoms with E-state index in [1.807, 2.05) is 8.01 Å². The van der Waals surface area contributed by atoms with Gasteiger partial charge in [-0.2, -0.15) is 0 Å². The minimum atomic E-state index is 0.333. The van der Waals surface area contributed by atoms with Crippen LogP contribution < -0.4 is 0 Å². The first-order chi connectivity index (χ1) is 2.00. The van der Waals surface area contributed by atoms with Crippen molar-refractivity contribution in [3.63, 3.8) is 0 Å². The fourth-order valence-electron chi connectivity index (χ4n) is 0. The van der Waals surface area contributed by atoms with E-state index in [-0.39, 0.29) is 0 Å². The zero-order chi connectivity index (χ0) is 4.00. The molecule has 0 aromatic rings. The van der Waals surface area contributed by atoms with Crippen molar-refractivity contribution < 1.29 is 38.2 Å². The molecule has 29 valence electrons. The molecule has 0 aliphatic rings. The average molecular weight is 292 g/mol. The van der Waals surface area contributed by atoms with E-state index in [0.29, 0.717) is 19.8 Å². The van der Waals surface area contributed by atoms with Crippen LogP contribution in [0.5, 0.6) is 0 Å². The van der Waals surface area contributed by atoms with Crippen LogP contribution >= 0.6 is 8.01 Å². The third-order valence-corrected chi connectivity index (χ3v) is 0. The Hall–Kier alpha value is 1.41. The van der Waals surface area contributed by atoms with E-state index in [4.69, 9.17) is 3.40 Å². The molecule has 0 aromatic heterocycles. The first-order valence-electron chi connectivity index (χ1n) is 0.349. The molecule has 4 heavy (non-hydrogen) atoms. The van der Waals surface area contributed by atoms with E-state index in [9.17, 15) is 0 Å². The second kappa shape index (κ2) is 25.8. The molecule has 0 saturated heterocycles. The van der Waals surface area contributed by atoms with Gasteiger partial charge >= 0.3 is 46.2 Å². The molecule has 0 radical (unpaired) electrons. The first kappa shape index (κ1) is 9.05. The standard InChI is InChI=1S/Ni.O.H2P.W/h;;1H2;/q+1;;-1;. The van der Waals surface area contributed by atoms with Crippen molar-refractivity contribution in [1.82, 2.24) is 0 Å². The molecule has 0 amide bonds. The molecule has 1 unspecified atom stereocenters. The fourth-order valence-corrected chi connectivity index (χ4v) is 0. The fraction of sp³-hybridized carbons (Fsp3) is 0. The summed E-state index contributed by atoms with van der Waals surface area (Å²) >= 11 is 4.12. The van der Waals surface area contributed by atoms with E-state index < -0.39 is 0 Å². The molecule has 0 fully saturated rings. The summed E-state index contributed by atoms with van der Waals surface area (Å²) < 4.78 is 8.33. The van der Waals surface area contributed by atoms with Crippen LogP contribution in [0.2, 0.25) is 0 Å². The van der Waals surface area contributed by atoms with Crippen molar-refractivity contribution in [2.75, 3.05) is 0 Å². The van der Waals surface area contributed by atoms with Crippen molar-refractivity contribution in [3.8, 4) is 0 Å². The van der Waals surface area contributed by atoms with Gasteiger partial charge in [0.05, 0.1) is 0 Å². The quantitative estimate of drug-likeness (QED) is 0.460. The van der Waals surface area contributed by atoms with Crippen molar-refractivity contribution >= 4 is 8.01 Å². The molecule has 0 N–H and O–H groups in total. The molecule has 0 spiro atoms. The van der Waals surface area contributed by atoms with Gasteiger partial charge in [-0.25, -0.2) is 0 Å². The van der Waals surface area contributed by atoms with Crippen molar-refractivity contribution in [1.29, 1.82) is 0 Å². The van der Waals surface area contributed by atoms with Gasteiger partial charge in [-0.05, 0) is 0 Å². The summed E-state index contributed by atoms with van der Waals surface area (Å²) in [6.07, 6.45) is 0. The van der Waals surface area contributed by atoms with Crippen LogP contribution in [0.15, 0.2) is 0 Å². The summed E-state index contributed by atoms with van der Waals surface area (Å²) in [5.41, 5.74) is 0. The zero-order valence-electron chi connectivity index (χ0n) is 1.71. The van der Waals surface area contributed by atoms with E-state index in [0.717, 1.165) is 0 Å². The molecule has 0 aliphatic carbocycles. The van der Waals surface area contributed by atoms with Gasteiger partial charge in [-0.15, -0.1) is 0 Å². The van der Waals surface area contributed by atoms with Crippen LogP contribution in [0.3, 0.4) is 0 Å². The Labute approximate surface area is 46.3 Å². The predicted octanol–water partition coefficient (Wildman–Crippen LogP) is 0.202. The second-order valence-corrected chi connectivity index (χ2v) is 0. The molecule has 1 nitrogen and oxygen atoms in total. The number of rotatable bonds is 0. The van der Waals surface area contributed by atoms with Crippen LogP contribution in [0, 0.1) is 0 Å². The Kier molecular flexibility index (Phi) is 58.3. The Morgan fingerprint density at radius 1 is 1.50 bits per heavy atom. The van der Waals surface area contributed by atoms with Crippen LogP contribution in [0.1, 0.15) is 0 Å². The van der Waals surface area contributed by atoms with Gasteiger partial charge in [-0.3, -0.25) is 0 Å². The summed E-state index contributed by atoms with van der Waals surface area (Å²) in [5.74, 6) is 0. The summed E-state index contributed by atoms with van der Waals surface area (Å²) in [7, 11) is 2.04. The van der Waals surface area contributed by atoms with Gasteiger partial charge in [0, 0.05) is 0 Å². The van der Waals surface area contributed by atoms with Gasteiger partial charge in [-0.1, -0.05) is 0 Å². The Morgan fingerprint density at radius 2 is 1.50 bits per heavy atom. The minimum absolute atomic E-state index is 0.333. The predicted molar refractivity (Wildman–Crippen MR) is 10.4 cm³/mol. The Balaban J connectivity index is 0. The van der Waals surface area contributed by atoms with E-state index >= 15 is 0 Å². The number of hydrogen-bond donors (Lipinski definition) is 0. The van der Waals surface area contributed by atoms with Gasteiger partial charge in [0.25, 0.3) is 0 Å². The van der Waals surface area contributed by atoms with Crippen molar-refractivity contribution in [2.45, 2.75) is 0 Å². The normalized spacial score (nSPS) is 2.75. The molecular weight excluding hydrogens is 290 g/mol. The van der Waals surface area contributed by atoms with Gasteiger partial charge in [0.2, 0.25) is 0 Å². The van der Waals surface area contributed by atoms with Crippen molar-refractivity contribution in [2.24, 2.45) is 0 Å². The molecule has 0 saturated carbocycles. The van der Waals surface area contributed by atoms with E-state index in [1.54, 1.807) is 0 Å². The summed E-state index contributed by atoms with van der Waals surface area (Å²) in [5, 5.41) is 0. The van der Waals surface area contributed by atoms with Crippen LogP contribution in [0.25, 0.3) is 0 Å². The first-order valence-corrected chi connectivity index (χ1v) is 3.62. The van der Waals surface area contributed by atoms with Crippen molar-refractivity contribution in [3.05, 3.63) is 0 Å². The van der Waals surface area contributed by atoms with Gasteiger partial charge in [0.1, 0.15) is 0 Å². The molecule has 0 aliphatic heterocycles. The second-order valence-electron chi connectivity index (χ2n) is 0. The summed E-state index contributed by atoms with van der Waals surface area (Å²) in [6.45, 7) is 0. The SMILES string of the molecule is [O]=[W].[PH2][Ni]. The maximum absolute atomic E-state index is 8.33. The van der Waals surface area contributed by atoms with E-state index in [1.165, 1.54) is 0 Å². The summed E-state index contributed by atoms with van der Waals surface area (Å²) in [4.78, 5) is 0. The Morgan fingerprint density at radius 3 is 1.50 bits per heavy atom. The molecule has 0 heterocycles. The average Bonchev–Trinajstić information content (AvgIpc) is 1.50. The van der Waals surface area contributed by atoms with Crippen LogP contribution in [-0.4, -0.2) is 0 Å². The van der Waals surface area contributed by atoms with Crippen LogP contribution in [0.4, 0.5) is 0 Å². The third-order valence-electron chi connectivity index (χ3n) is 0. The topological polar surface area (TPSA) is 17.1 Å². The van der Waals surface area contributed by atoms with E-state index in [2.05, 4.69) is 15.0 Å². The van der Waals surface area contributed by atoms with Gasteiger partial charge in [0.15, 0.2) is 0 Å². The zero-order valence-corrected chi connectivity index (χ0v) is 6.79.